The van der Waals surface area contributed by atoms with Crippen LogP contribution in [0, 0.1) is 0 Å². The van der Waals surface area contributed by atoms with E-state index >= 15 is 0 Å². The van der Waals surface area contributed by atoms with Crippen molar-refractivity contribution in [3.8, 4) is 11.5 Å². The van der Waals surface area contributed by atoms with Crippen LogP contribution in [0.4, 0.5) is 5.69 Å². The normalized spacial score (nSPS) is 11.4. The molecule has 3 rings (SSSR count). The molecule has 0 saturated carbocycles. The summed E-state index contributed by atoms with van der Waals surface area (Å²) >= 11 is 7.24. The zero-order valence-corrected chi connectivity index (χ0v) is 20.1. The summed E-state index contributed by atoms with van der Waals surface area (Å²) in [4.78, 5) is 17.0. The fourth-order valence-electron chi connectivity index (χ4n) is 2.69. The number of hydrogen-bond acceptors (Lipinski definition) is 7. The number of thiazole rings is 1. The van der Waals surface area contributed by atoms with E-state index in [1.807, 2.05) is 0 Å². The second-order valence-electron chi connectivity index (χ2n) is 6.85. The fourth-order valence-corrected chi connectivity index (χ4v) is 4.45. The van der Waals surface area contributed by atoms with Crippen molar-refractivity contribution < 1.29 is 22.7 Å². The molecule has 0 aliphatic heterocycles. The van der Waals surface area contributed by atoms with Crippen LogP contribution < -0.4 is 14.8 Å². The molecule has 170 valence electrons. The summed E-state index contributed by atoms with van der Waals surface area (Å²) in [7, 11) is 0.668. The van der Waals surface area contributed by atoms with Gasteiger partial charge < -0.3 is 14.8 Å². The van der Waals surface area contributed by atoms with E-state index in [2.05, 4.69) is 10.3 Å². The topological polar surface area (TPSA) is 97.8 Å². The van der Waals surface area contributed by atoms with E-state index in [0.29, 0.717) is 22.2 Å². The van der Waals surface area contributed by atoms with Crippen LogP contribution in [0.3, 0.4) is 0 Å². The SMILES string of the molecule is COc1ccc(S(=O)(=O)N(C)C)cc1NC(=O)Cc1csc(COc2ccc(Cl)cc2)n1. The van der Waals surface area contributed by atoms with Crippen molar-refractivity contribution in [3.05, 3.63) is 63.6 Å². The number of carbonyl (C=O) groups is 1. The summed E-state index contributed by atoms with van der Waals surface area (Å²) < 4.78 is 36.8. The molecule has 2 aromatic carbocycles. The Hall–Kier alpha value is -2.66. The van der Waals surface area contributed by atoms with Crippen molar-refractivity contribution >= 4 is 44.6 Å². The predicted molar refractivity (Wildman–Crippen MR) is 124 cm³/mol. The maximum atomic E-state index is 12.6. The average molecular weight is 496 g/mol. The van der Waals surface area contributed by atoms with E-state index in [4.69, 9.17) is 21.1 Å². The van der Waals surface area contributed by atoms with Gasteiger partial charge in [0.15, 0.2) is 0 Å². The quantitative estimate of drug-likeness (QED) is 0.484. The standard InChI is InChI=1S/C21H22ClN3O5S2/c1-25(2)32(27,28)17-8-9-19(29-3)18(11-17)24-20(26)10-15-13-31-21(23-15)12-30-16-6-4-14(22)5-7-16/h4-9,11,13H,10,12H2,1-3H3,(H,24,26). The second kappa shape index (κ2) is 10.3. The monoisotopic (exact) mass is 495 g/mol. The van der Waals surface area contributed by atoms with Crippen molar-refractivity contribution in [2.45, 2.75) is 17.9 Å². The molecule has 3 aromatic rings. The highest BCUT2D eigenvalue weighted by Crippen LogP contribution is 2.28. The van der Waals surface area contributed by atoms with Crippen LogP contribution in [0.5, 0.6) is 11.5 Å². The molecule has 0 spiro atoms. The number of nitrogens with one attached hydrogen (secondary N) is 1. The van der Waals surface area contributed by atoms with E-state index in [9.17, 15) is 13.2 Å². The van der Waals surface area contributed by atoms with Gasteiger partial charge in [-0.15, -0.1) is 11.3 Å². The number of sulfonamides is 1. The van der Waals surface area contributed by atoms with Crippen LogP contribution in [-0.2, 0) is 27.8 Å². The molecule has 1 aromatic heterocycles. The lowest BCUT2D eigenvalue weighted by Crippen LogP contribution is -2.22. The number of nitrogens with zero attached hydrogens (tertiary/aromatic N) is 2. The third-order valence-electron chi connectivity index (χ3n) is 4.34. The molecule has 0 aliphatic carbocycles. The number of amides is 1. The summed E-state index contributed by atoms with van der Waals surface area (Å²) in [6, 6.07) is 11.3. The molecule has 0 fully saturated rings. The van der Waals surface area contributed by atoms with Gasteiger partial charge >= 0.3 is 0 Å². The number of ether oxygens (including phenoxy) is 2. The largest absolute Gasteiger partial charge is 0.495 e. The van der Waals surface area contributed by atoms with E-state index in [-0.39, 0.29) is 29.5 Å². The lowest BCUT2D eigenvalue weighted by atomic mass is 10.2. The molecule has 1 amide bonds. The zero-order chi connectivity index (χ0) is 23.3. The Bertz CT molecular complexity index is 1190. The molecule has 0 aliphatic rings. The zero-order valence-electron chi connectivity index (χ0n) is 17.7. The molecule has 0 bridgehead atoms. The number of benzene rings is 2. The molecule has 0 saturated heterocycles. The minimum atomic E-state index is -3.65. The summed E-state index contributed by atoms with van der Waals surface area (Å²) in [5.41, 5.74) is 0.847. The van der Waals surface area contributed by atoms with E-state index < -0.39 is 10.0 Å². The molecule has 1 N–H and O–H groups in total. The molecule has 32 heavy (non-hydrogen) atoms. The summed E-state index contributed by atoms with van der Waals surface area (Å²) in [6.45, 7) is 0.270. The predicted octanol–water partition coefficient (Wildman–Crippen LogP) is 3.82. The molecule has 8 nitrogen and oxygen atoms in total. The molecule has 0 atom stereocenters. The maximum Gasteiger partial charge on any atom is 0.242 e. The third-order valence-corrected chi connectivity index (χ3v) is 7.27. The lowest BCUT2D eigenvalue weighted by Gasteiger charge is -2.15. The smallest absolute Gasteiger partial charge is 0.242 e. The summed E-state index contributed by atoms with van der Waals surface area (Å²) in [5, 5.41) is 5.84. The van der Waals surface area contributed by atoms with Crippen molar-refractivity contribution in [2.75, 3.05) is 26.5 Å². The number of rotatable bonds is 9. The Morgan fingerprint density at radius 1 is 1.19 bits per heavy atom. The number of hydrogen-bond donors (Lipinski definition) is 1. The highest BCUT2D eigenvalue weighted by atomic mass is 35.5. The first-order valence-corrected chi connectivity index (χ1v) is 12.1. The van der Waals surface area contributed by atoms with Gasteiger partial charge in [-0.1, -0.05) is 11.6 Å². The highest BCUT2D eigenvalue weighted by molar-refractivity contribution is 7.89. The minimum Gasteiger partial charge on any atom is -0.495 e. The van der Waals surface area contributed by atoms with Crippen LogP contribution in [0.1, 0.15) is 10.7 Å². The second-order valence-corrected chi connectivity index (χ2v) is 10.4. The molecular weight excluding hydrogens is 474 g/mol. The molecular formula is C21H22ClN3O5S2. The Morgan fingerprint density at radius 2 is 1.91 bits per heavy atom. The van der Waals surface area contributed by atoms with Gasteiger partial charge in [0.05, 0.1) is 29.8 Å². The summed E-state index contributed by atoms with van der Waals surface area (Å²) in [6.07, 6.45) is 0.0191. The number of aromatic nitrogens is 1. The van der Waals surface area contributed by atoms with E-state index in [1.54, 1.807) is 29.6 Å². The Kier molecular flexibility index (Phi) is 7.73. The van der Waals surface area contributed by atoms with Gasteiger partial charge in [0.25, 0.3) is 0 Å². The van der Waals surface area contributed by atoms with Crippen molar-refractivity contribution in [3.63, 3.8) is 0 Å². The summed E-state index contributed by atoms with van der Waals surface area (Å²) in [5.74, 6) is 0.674. The molecule has 1 heterocycles. The number of halogens is 1. The fraction of sp³-hybridized carbons (Fsp3) is 0.238. The molecule has 0 unspecified atom stereocenters. The number of carbonyl (C=O) groups excluding carboxylic acids is 1. The van der Waals surface area contributed by atoms with E-state index in [1.165, 1.54) is 50.7 Å². The van der Waals surface area contributed by atoms with Crippen molar-refractivity contribution in [1.29, 1.82) is 0 Å². The van der Waals surface area contributed by atoms with Crippen LogP contribution in [0.25, 0.3) is 0 Å². The van der Waals surface area contributed by atoms with Gasteiger partial charge in [0.2, 0.25) is 15.9 Å². The van der Waals surface area contributed by atoms with Crippen LogP contribution in [0.15, 0.2) is 52.7 Å². The van der Waals surface area contributed by atoms with Gasteiger partial charge in [-0.05, 0) is 42.5 Å². The van der Waals surface area contributed by atoms with E-state index in [0.717, 1.165) is 9.31 Å². The Balaban J connectivity index is 1.65. The first-order chi connectivity index (χ1) is 15.2. The van der Waals surface area contributed by atoms with Gasteiger partial charge in [-0.2, -0.15) is 0 Å². The van der Waals surface area contributed by atoms with Crippen LogP contribution in [-0.4, -0.2) is 44.8 Å². The Morgan fingerprint density at radius 3 is 2.56 bits per heavy atom. The molecule has 0 radical (unpaired) electrons. The Labute approximate surface area is 195 Å². The van der Waals surface area contributed by atoms with Gasteiger partial charge in [-0.25, -0.2) is 17.7 Å². The lowest BCUT2D eigenvalue weighted by molar-refractivity contribution is -0.115. The van der Waals surface area contributed by atoms with Gasteiger partial charge in [0.1, 0.15) is 23.1 Å². The first kappa shape index (κ1) is 24.0. The van der Waals surface area contributed by atoms with Crippen molar-refractivity contribution in [1.82, 2.24) is 9.29 Å². The average Bonchev–Trinajstić information content (AvgIpc) is 3.20. The van der Waals surface area contributed by atoms with Crippen LogP contribution in [0.2, 0.25) is 5.02 Å². The highest BCUT2D eigenvalue weighted by Gasteiger charge is 2.20. The van der Waals surface area contributed by atoms with Crippen molar-refractivity contribution in [2.24, 2.45) is 0 Å². The maximum absolute atomic E-state index is 12.6. The van der Waals surface area contributed by atoms with Gasteiger partial charge in [-0.3, -0.25) is 4.79 Å². The number of methoxy groups -OCH3 is 1. The first-order valence-electron chi connectivity index (χ1n) is 9.41. The van der Waals surface area contributed by atoms with Crippen LogP contribution >= 0.6 is 22.9 Å². The van der Waals surface area contributed by atoms with Gasteiger partial charge in [0, 0.05) is 24.5 Å². The minimum absolute atomic E-state index is 0.0191. The molecule has 11 heteroatoms. The number of anilines is 1. The third kappa shape index (κ3) is 5.98.